The molecule has 0 saturated heterocycles. The molecule has 0 heterocycles. The second kappa shape index (κ2) is 6.07. The fourth-order valence-electron chi connectivity index (χ4n) is 1.28. The second-order valence-electron chi connectivity index (χ2n) is 3.27. The van der Waals surface area contributed by atoms with Crippen LogP contribution in [0.3, 0.4) is 0 Å². The van der Waals surface area contributed by atoms with Crippen molar-refractivity contribution in [3.05, 3.63) is 57.5 Å². The molecule has 0 aliphatic heterocycles. The third kappa shape index (κ3) is 3.48. The Labute approximate surface area is 117 Å². The van der Waals surface area contributed by atoms with Crippen LogP contribution in [0.5, 0.6) is 11.5 Å². The van der Waals surface area contributed by atoms with Gasteiger partial charge in [0.2, 0.25) is 6.79 Å². The van der Waals surface area contributed by atoms with E-state index in [-0.39, 0.29) is 6.79 Å². The first kappa shape index (κ1) is 12.5. The molecule has 0 aliphatic rings. The first-order chi connectivity index (χ1) is 8.27. The van der Waals surface area contributed by atoms with Crippen molar-refractivity contribution in [2.75, 3.05) is 6.79 Å². The van der Waals surface area contributed by atoms with Crippen LogP contribution in [0, 0.1) is 0 Å². The first-order valence-corrected chi connectivity index (χ1v) is 6.60. The molecule has 4 heteroatoms. The lowest BCUT2D eigenvalue weighted by Gasteiger charge is -2.10. The fraction of sp³-hybridized carbons (Fsp3) is 0.0769. The van der Waals surface area contributed by atoms with Gasteiger partial charge in [-0.05, 0) is 56.1 Å². The summed E-state index contributed by atoms with van der Waals surface area (Å²) in [6.07, 6.45) is 0. The van der Waals surface area contributed by atoms with E-state index in [0.29, 0.717) is 0 Å². The highest BCUT2D eigenvalue weighted by molar-refractivity contribution is 9.10. The molecule has 0 radical (unpaired) electrons. The predicted molar refractivity (Wildman–Crippen MR) is 74.4 cm³/mol. The fourth-order valence-corrected chi connectivity index (χ4v) is 2.08. The molecule has 0 aliphatic carbocycles. The average molecular weight is 358 g/mol. The van der Waals surface area contributed by atoms with Crippen molar-refractivity contribution < 1.29 is 9.47 Å². The summed E-state index contributed by atoms with van der Waals surface area (Å²) in [4.78, 5) is 0. The Morgan fingerprint density at radius 3 is 1.53 bits per heavy atom. The van der Waals surface area contributed by atoms with Gasteiger partial charge in [0.15, 0.2) is 0 Å². The van der Waals surface area contributed by atoms with Gasteiger partial charge in [0.1, 0.15) is 11.5 Å². The van der Waals surface area contributed by atoms with E-state index in [1.807, 2.05) is 48.5 Å². The maximum Gasteiger partial charge on any atom is 0.231 e. The van der Waals surface area contributed by atoms with Crippen molar-refractivity contribution in [2.45, 2.75) is 0 Å². The van der Waals surface area contributed by atoms with Crippen LogP contribution < -0.4 is 9.47 Å². The van der Waals surface area contributed by atoms with Crippen molar-refractivity contribution in [3.8, 4) is 11.5 Å². The Kier molecular flexibility index (Phi) is 4.45. The van der Waals surface area contributed by atoms with Gasteiger partial charge in [-0.2, -0.15) is 0 Å². The van der Waals surface area contributed by atoms with E-state index in [1.165, 1.54) is 0 Å². The number of rotatable bonds is 4. The van der Waals surface area contributed by atoms with E-state index in [9.17, 15) is 0 Å². The molecule has 0 N–H and O–H groups in total. The van der Waals surface area contributed by atoms with E-state index in [1.54, 1.807) is 0 Å². The number of hydrogen-bond acceptors (Lipinski definition) is 2. The lowest BCUT2D eigenvalue weighted by Crippen LogP contribution is -2.06. The third-order valence-corrected chi connectivity index (χ3v) is 3.41. The van der Waals surface area contributed by atoms with Gasteiger partial charge in [0, 0.05) is 0 Å². The summed E-state index contributed by atoms with van der Waals surface area (Å²) in [5.41, 5.74) is 0. The Bertz CT molecular complexity index is 455. The Balaban J connectivity index is 1.93. The Morgan fingerprint density at radius 2 is 1.12 bits per heavy atom. The van der Waals surface area contributed by atoms with Crippen LogP contribution in [0.4, 0.5) is 0 Å². The molecule has 0 bridgehead atoms. The van der Waals surface area contributed by atoms with Gasteiger partial charge < -0.3 is 9.47 Å². The van der Waals surface area contributed by atoms with Crippen molar-refractivity contribution >= 4 is 31.9 Å². The van der Waals surface area contributed by atoms with E-state index >= 15 is 0 Å². The Morgan fingerprint density at radius 1 is 0.706 bits per heavy atom. The normalized spacial score (nSPS) is 10.0. The maximum absolute atomic E-state index is 5.51. The van der Waals surface area contributed by atoms with Crippen LogP contribution >= 0.6 is 31.9 Å². The molecule has 0 atom stereocenters. The first-order valence-electron chi connectivity index (χ1n) is 5.02. The summed E-state index contributed by atoms with van der Waals surface area (Å²) < 4.78 is 12.8. The van der Waals surface area contributed by atoms with Gasteiger partial charge in [0.25, 0.3) is 0 Å². The molecule has 0 saturated carbocycles. The minimum absolute atomic E-state index is 0.172. The molecule has 2 rings (SSSR count). The van der Waals surface area contributed by atoms with Gasteiger partial charge in [-0.3, -0.25) is 0 Å². The van der Waals surface area contributed by atoms with Crippen LogP contribution in [0.25, 0.3) is 0 Å². The highest BCUT2D eigenvalue weighted by Crippen LogP contribution is 2.26. The smallest absolute Gasteiger partial charge is 0.231 e. The van der Waals surface area contributed by atoms with Gasteiger partial charge in [-0.25, -0.2) is 0 Å². The molecule has 0 fully saturated rings. The van der Waals surface area contributed by atoms with Crippen LogP contribution in [-0.2, 0) is 0 Å². The molecule has 2 aromatic rings. The highest BCUT2D eigenvalue weighted by Gasteiger charge is 2.01. The minimum atomic E-state index is 0.172. The molecular formula is C13H10Br2O2. The third-order valence-electron chi connectivity index (χ3n) is 2.10. The topological polar surface area (TPSA) is 18.5 Å². The van der Waals surface area contributed by atoms with E-state index in [0.717, 1.165) is 20.4 Å². The summed E-state index contributed by atoms with van der Waals surface area (Å²) in [7, 11) is 0. The number of benzene rings is 2. The summed E-state index contributed by atoms with van der Waals surface area (Å²) in [5, 5.41) is 0. The maximum atomic E-state index is 5.51. The molecule has 88 valence electrons. The number of halogens is 2. The van der Waals surface area contributed by atoms with Gasteiger partial charge in [-0.1, -0.05) is 24.3 Å². The van der Waals surface area contributed by atoms with Gasteiger partial charge in [-0.15, -0.1) is 0 Å². The molecule has 0 aromatic heterocycles. The zero-order valence-corrected chi connectivity index (χ0v) is 12.1. The van der Waals surface area contributed by atoms with Crippen LogP contribution in [0.15, 0.2) is 57.5 Å². The SMILES string of the molecule is Brc1ccccc1OCOc1ccccc1Br. The molecule has 0 spiro atoms. The average Bonchev–Trinajstić information content (AvgIpc) is 2.34. The molecule has 0 amide bonds. The van der Waals surface area contributed by atoms with E-state index in [2.05, 4.69) is 31.9 Å². The molecule has 0 unspecified atom stereocenters. The van der Waals surface area contributed by atoms with Crippen molar-refractivity contribution in [3.63, 3.8) is 0 Å². The quantitative estimate of drug-likeness (QED) is 0.743. The number of ether oxygens (including phenoxy) is 2. The van der Waals surface area contributed by atoms with Crippen molar-refractivity contribution in [2.24, 2.45) is 0 Å². The highest BCUT2D eigenvalue weighted by atomic mass is 79.9. The molecule has 2 nitrogen and oxygen atoms in total. The van der Waals surface area contributed by atoms with Crippen LogP contribution in [0.2, 0.25) is 0 Å². The van der Waals surface area contributed by atoms with Crippen molar-refractivity contribution in [1.82, 2.24) is 0 Å². The van der Waals surface area contributed by atoms with Crippen LogP contribution in [-0.4, -0.2) is 6.79 Å². The number of para-hydroxylation sites is 2. The van der Waals surface area contributed by atoms with E-state index in [4.69, 9.17) is 9.47 Å². The monoisotopic (exact) mass is 356 g/mol. The summed E-state index contributed by atoms with van der Waals surface area (Å²) >= 11 is 6.81. The van der Waals surface area contributed by atoms with E-state index < -0.39 is 0 Å². The lowest BCUT2D eigenvalue weighted by atomic mass is 10.3. The molecule has 2 aromatic carbocycles. The predicted octanol–water partition coefficient (Wildman–Crippen LogP) is 4.63. The van der Waals surface area contributed by atoms with Crippen LogP contribution in [0.1, 0.15) is 0 Å². The molecule has 17 heavy (non-hydrogen) atoms. The van der Waals surface area contributed by atoms with Crippen molar-refractivity contribution in [1.29, 1.82) is 0 Å². The van der Waals surface area contributed by atoms with Gasteiger partial charge in [0.05, 0.1) is 8.95 Å². The largest absolute Gasteiger partial charge is 0.456 e. The lowest BCUT2D eigenvalue weighted by molar-refractivity contribution is 0.118. The minimum Gasteiger partial charge on any atom is -0.456 e. The summed E-state index contributed by atoms with van der Waals surface area (Å²) in [6, 6.07) is 15.3. The zero-order valence-electron chi connectivity index (χ0n) is 8.90. The standard InChI is InChI=1S/C13H10Br2O2/c14-10-5-1-3-7-12(10)16-9-17-13-8-4-2-6-11(13)15/h1-8H,9H2. The number of hydrogen-bond donors (Lipinski definition) is 0. The Hall–Kier alpha value is -1.000. The summed E-state index contributed by atoms with van der Waals surface area (Å²) in [6.45, 7) is 0.172. The second-order valence-corrected chi connectivity index (χ2v) is 4.98. The zero-order chi connectivity index (χ0) is 12.1. The molecular weight excluding hydrogens is 348 g/mol. The summed E-state index contributed by atoms with van der Waals surface area (Å²) in [5.74, 6) is 1.53. The van der Waals surface area contributed by atoms with Gasteiger partial charge >= 0.3 is 0 Å².